The lowest BCUT2D eigenvalue weighted by Crippen LogP contribution is -2.29. The Morgan fingerprint density at radius 1 is 1.22 bits per heavy atom. The number of carboxylic acids is 1. The van der Waals surface area contributed by atoms with Crippen LogP contribution in [0.3, 0.4) is 0 Å². The summed E-state index contributed by atoms with van der Waals surface area (Å²) in [6, 6.07) is 10.6. The van der Waals surface area contributed by atoms with Crippen LogP contribution in [0.25, 0.3) is 22.3 Å². The van der Waals surface area contributed by atoms with Crippen LogP contribution >= 0.6 is 0 Å². The maximum Gasteiger partial charge on any atom is 0.322 e. The van der Waals surface area contributed by atoms with Crippen molar-refractivity contribution in [2.24, 2.45) is 0 Å². The highest BCUT2D eigenvalue weighted by Gasteiger charge is 2.16. The Bertz CT molecular complexity index is 867. The Morgan fingerprint density at radius 2 is 2.00 bits per heavy atom. The Kier molecular flexibility index (Phi) is 3.68. The first-order chi connectivity index (χ1) is 11.0. The Hall–Kier alpha value is -3.35. The van der Waals surface area contributed by atoms with E-state index < -0.39 is 18.4 Å². The van der Waals surface area contributed by atoms with Gasteiger partial charge >= 0.3 is 5.97 Å². The molecule has 7 heteroatoms. The molecule has 0 saturated heterocycles. The minimum atomic E-state index is -1.18. The second kappa shape index (κ2) is 5.80. The van der Waals surface area contributed by atoms with E-state index in [2.05, 4.69) is 10.3 Å². The zero-order chi connectivity index (χ0) is 16.4. The van der Waals surface area contributed by atoms with Crippen molar-refractivity contribution in [2.75, 3.05) is 6.54 Å². The highest BCUT2D eigenvalue weighted by molar-refractivity contribution is 5.96. The van der Waals surface area contributed by atoms with Crippen LogP contribution < -0.4 is 5.32 Å². The van der Waals surface area contributed by atoms with E-state index in [1.54, 1.807) is 6.07 Å². The predicted molar refractivity (Wildman–Crippen MR) is 81.1 cm³/mol. The Balaban J connectivity index is 1.89. The number of aromatic hydroxyl groups is 1. The molecule has 0 aliphatic carbocycles. The van der Waals surface area contributed by atoms with Crippen LogP contribution in [-0.4, -0.2) is 33.6 Å². The van der Waals surface area contributed by atoms with Crippen LogP contribution in [0.5, 0.6) is 5.75 Å². The molecule has 0 unspecified atom stereocenters. The fourth-order valence-corrected chi connectivity index (χ4v) is 2.13. The van der Waals surface area contributed by atoms with Gasteiger partial charge in [-0.1, -0.05) is 18.2 Å². The molecule has 23 heavy (non-hydrogen) atoms. The van der Waals surface area contributed by atoms with Gasteiger partial charge in [0.25, 0.3) is 5.91 Å². The molecule has 0 bridgehead atoms. The predicted octanol–water partition coefficient (Wildman–Crippen LogP) is 2.01. The first kappa shape index (κ1) is 14.6. The first-order valence-corrected chi connectivity index (χ1v) is 6.72. The first-order valence-electron chi connectivity index (χ1n) is 6.72. The SMILES string of the molecule is O=C(O)CNC(=O)c1ncc(-c2cc3ccccc3o2)cc1O. The fraction of sp³-hybridized carbons (Fsp3) is 0.0625. The van der Waals surface area contributed by atoms with Gasteiger partial charge in [0.1, 0.15) is 23.6 Å². The molecule has 1 amide bonds. The number of para-hydroxylation sites is 1. The zero-order valence-corrected chi connectivity index (χ0v) is 11.8. The molecule has 1 aromatic carbocycles. The summed E-state index contributed by atoms with van der Waals surface area (Å²) in [5, 5.41) is 21.5. The van der Waals surface area contributed by atoms with E-state index in [1.807, 2.05) is 24.3 Å². The number of rotatable bonds is 4. The minimum absolute atomic E-state index is 0.244. The van der Waals surface area contributed by atoms with E-state index in [-0.39, 0.29) is 11.4 Å². The van der Waals surface area contributed by atoms with Crippen LogP contribution in [0.4, 0.5) is 0 Å². The van der Waals surface area contributed by atoms with Gasteiger partial charge in [-0.15, -0.1) is 0 Å². The second-order valence-corrected chi connectivity index (χ2v) is 4.82. The molecule has 116 valence electrons. The number of nitrogens with zero attached hydrogens (tertiary/aromatic N) is 1. The van der Waals surface area contributed by atoms with Crippen LogP contribution in [0.2, 0.25) is 0 Å². The van der Waals surface area contributed by atoms with E-state index in [1.165, 1.54) is 12.3 Å². The maximum atomic E-state index is 11.7. The summed E-state index contributed by atoms with van der Waals surface area (Å²) < 4.78 is 5.66. The molecule has 0 spiro atoms. The molecule has 0 aliphatic heterocycles. The number of pyridine rings is 1. The summed E-state index contributed by atoms with van der Waals surface area (Å²) in [5.74, 6) is -1.80. The van der Waals surface area contributed by atoms with Gasteiger partial charge in [0.05, 0.1) is 0 Å². The molecule has 3 aromatic rings. The van der Waals surface area contributed by atoms with Crippen molar-refractivity contribution in [3.05, 3.63) is 48.3 Å². The average Bonchev–Trinajstić information content (AvgIpc) is 2.96. The topological polar surface area (TPSA) is 113 Å². The monoisotopic (exact) mass is 312 g/mol. The van der Waals surface area contributed by atoms with Crippen molar-refractivity contribution in [2.45, 2.75) is 0 Å². The van der Waals surface area contributed by atoms with E-state index in [0.717, 1.165) is 5.39 Å². The van der Waals surface area contributed by atoms with Gasteiger partial charge in [-0.2, -0.15) is 0 Å². The number of benzene rings is 1. The van der Waals surface area contributed by atoms with Gasteiger partial charge in [0.15, 0.2) is 5.69 Å². The van der Waals surface area contributed by atoms with Crippen molar-refractivity contribution in [3.8, 4) is 17.1 Å². The largest absolute Gasteiger partial charge is 0.505 e. The summed E-state index contributed by atoms with van der Waals surface area (Å²) in [5.41, 5.74) is 0.963. The van der Waals surface area contributed by atoms with Crippen molar-refractivity contribution >= 4 is 22.8 Å². The maximum absolute atomic E-state index is 11.7. The van der Waals surface area contributed by atoms with Crippen LogP contribution in [0.15, 0.2) is 47.0 Å². The summed E-state index contributed by atoms with van der Waals surface area (Å²) >= 11 is 0. The number of nitrogens with one attached hydrogen (secondary N) is 1. The fourth-order valence-electron chi connectivity index (χ4n) is 2.13. The minimum Gasteiger partial charge on any atom is -0.505 e. The van der Waals surface area contributed by atoms with Crippen molar-refractivity contribution in [1.82, 2.24) is 10.3 Å². The molecule has 3 N–H and O–H groups in total. The number of hydrogen-bond donors (Lipinski definition) is 3. The van der Waals surface area contributed by atoms with Crippen LogP contribution in [0, 0.1) is 0 Å². The molecule has 2 heterocycles. The third-order valence-electron chi connectivity index (χ3n) is 3.19. The van der Waals surface area contributed by atoms with E-state index in [9.17, 15) is 14.7 Å². The van der Waals surface area contributed by atoms with Crippen LogP contribution in [-0.2, 0) is 4.79 Å². The number of aliphatic carboxylic acids is 1. The molecule has 0 radical (unpaired) electrons. The van der Waals surface area contributed by atoms with Crippen molar-refractivity contribution < 1.29 is 24.2 Å². The number of furan rings is 1. The Labute approximate surface area is 130 Å². The lowest BCUT2D eigenvalue weighted by molar-refractivity contribution is -0.135. The van der Waals surface area contributed by atoms with Crippen molar-refractivity contribution in [3.63, 3.8) is 0 Å². The van der Waals surface area contributed by atoms with Gasteiger partial charge < -0.3 is 19.9 Å². The number of amides is 1. The number of fused-ring (bicyclic) bond motifs is 1. The summed E-state index contributed by atoms with van der Waals surface area (Å²) in [4.78, 5) is 26.1. The van der Waals surface area contributed by atoms with Crippen LogP contribution in [0.1, 0.15) is 10.5 Å². The number of carboxylic acid groups (broad SMARTS) is 1. The summed E-state index contributed by atoms with van der Waals surface area (Å²) in [6.45, 7) is -0.550. The summed E-state index contributed by atoms with van der Waals surface area (Å²) in [7, 11) is 0. The molecule has 2 aromatic heterocycles. The normalized spacial score (nSPS) is 10.6. The molecule has 0 aliphatic rings. The lowest BCUT2D eigenvalue weighted by Gasteiger charge is -2.05. The number of aromatic nitrogens is 1. The zero-order valence-electron chi connectivity index (χ0n) is 11.8. The van der Waals surface area contributed by atoms with Crippen molar-refractivity contribution in [1.29, 1.82) is 0 Å². The number of carbonyl (C=O) groups excluding carboxylic acids is 1. The van der Waals surface area contributed by atoms with Gasteiger partial charge in [-0.3, -0.25) is 9.59 Å². The molecule has 0 fully saturated rings. The molecule has 0 saturated carbocycles. The van der Waals surface area contributed by atoms with Gasteiger partial charge in [-0.05, 0) is 18.2 Å². The number of hydrogen-bond acceptors (Lipinski definition) is 5. The summed E-state index contributed by atoms with van der Waals surface area (Å²) in [6.07, 6.45) is 1.38. The van der Waals surface area contributed by atoms with E-state index in [0.29, 0.717) is 16.9 Å². The molecular weight excluding hydrogens is 300 g/mol. The van der Waals surface area contributed by atoms with Gasteiger partial charge in [-0.25, -0.2) is 4.98 Å². The average molecular weight is 312 g/mol. The van der Waals surface area contributed by atoms with Gasteiger partial charge in [0, 0.05) is 17.1 Å². The smallest absolute Gasteiger partial charge is 0.322 e. The molecule has 3 rings (SSSR count). The third kappa shape index (κ3) is 2.98. The lowest BCUT2D eigenvalue weighted by atomic mass is 10.1. The molecular formula is C16H12N2O5. The molecule has 0 atom stereocenters. The Morgan fingerprint density at radius 3 is 2.70 bits per heavy atom. The molecule has 7 nitrogen and oxygen atoms in total. The quantitative estimate of drug-likeness (QED) is 0.679. The second-order valence-electron chi connectivity index (χ2n) is 4.82. The van der Waals surface area contributed by atoms with Gasteiger partial charge in [0.2, 0.25) is 0 Å². The van der Waals surface area contributed by atoms with E-state index >= 15 is 0 Å². The third-order valence-corrected chi connectivity index (χ3v) is 3.19. The highest BCUT2D eigenvalue weighted by atomic mass is 16.4. The number of carbonyl (C=O) groups is 2. The van der Waals surface area contributed by atoms with E-state index in [4.69, 9.17) is 9.52 Å². The highest BCUT2D eigenvalue weighted by Crippen LogP contribution is 2.29. The standard InChI is InChI=1S/C16H12N2O5/c19-11-5-10(7-17-15(11)16(22)18-8-14(20)21)13-6-9-3-1-2-4-12(9)23-13/h1-7,19H,8H2,(H,18,22)(H,20,21).